The van der Waals surface area contributed by atoms with Crippen molar-refractivity contribution in [3.05, 3.63) is 137 Å². The Hall–Kier alpha value is -5.32. The van der Waals surface area contributed by atoms with Crippen LogP contribution in [-0.4, -0.2) is 10.4 Å². The highest BCUT2D eigenvalue weighted by molar-refractivity contribution is 6.24. The molecular weight excluding hydrogens is 633 g/mol. The Kier molecular flexibility index (Phi) is 6.68. The van der Waals surface area contributed by atoms with Gasteiger partial charge in [0.15, 0.2) is 0 Å². The number of carbonyl (C=O) groups is 1. The van der Waals surface area contributed by atoms with Crippen LogP contribution in [0.15, 0.2) is 109 Å². The molecule has 0 spiro atoms. The van der Waals surface area contributed by atoms with Gasteiger partial charge in [-0.05, 0) is 64.5 Å². The second kappa shape index (κ2) is 10.3. The van der Waals surface area contributed by atoms with Crippen LogP contribution in [0.3, 0.4) is 0 Å². The second-order valence-corrected chi connectivity index (χ2v) is 11.0. The third-order valence-corrected chi connectivity index (χ3v) is 8.24. The quantitative estimate of drug-likeness (QED) is 0.174. The van der Waals surface area contributed by atoms with Crippen molar-refractivity contribution in [3.8, 4) is 39.2 Å². The number of rotatable bonds is 3. The highest BCUT2D eigenvalue weighted by atomic mass is 19.4. The third kappa shape index (κ3) is 4.97. The third-order valence-electron chi connectivity index (χ3n) is 8.24. The van der Waals surface area contributed by atoms with Gasteiger partial charge in [-0.1, -0.05) is 66.7 Å². The normalized spacial score (nSPS) is 13.3. The first-order valence-electron chi connectivity index (χ1n) is 14.0. The zero-order valence-corrected chi connectivity index (χ0v) is 23.6. The Morgan fingerprint density at radius 2 is 0.872 bits per heavy atom. The first kappa shape index (κ1) is 30.3. The van der Waals surface area contributed by atoms with Crippen LogP contribution >= 0.6 is 0 Å². The lowest BCUT2D eigenvalue weighted by Gasteiger charge is -2.16. The Morgan fingerprint density at radius 1 is 0.447 bits per heavy atom. The molecule has 1 aliphatic heterocycles. The van der Waals surface area contributed by atoms with E-state index in [2.05, 4.69) is 0 Å². The molecule has 1 aliphatic rings. The monoisotopic (exact) mass is 651 g/mol. The van der Waals surface area contributed by atoms with Crippen molar-refractivity contribution in [3.63, 3.8) is 0 Å². The van der Waals surface area contributed by atoms with Crippen LogP contribution in [-0.2, 0) is 18.5 Å². The SMILES string of the molecule is O=C1c2ccc3ccccc3c2-n2c1c(-c1ccc(C(F)(F)F)cc1)c(-c1ccc(C(F)(F)F)cc1)c2-c1ccc(C(F)(F)F)cc1. The van der Waals surface area contributed by atoms with E-state index in [9.17, 15) is 44.3 Å². The summed E-state index contributed by atoms with van der Waals surface area (Å²) >= 11 is 0. The molecule has 5 aromatic carbocycles. The molecule has 0 saturated heterocycles. The van der Waals surface area contributed by atoms with Gasteiger partial charge in [-0.3, -0.25) is 4.79 Å². The van der Waals surface area contributed by atoms with Crippen LogP contribution in [0, 0.1) is 0 Å². The minimum Gasteiger partial charge on any atom is -0.304 e. The van der Waals surface area contributed by atoms with Gasteiger partial charge in [0.05, 0.1) is 28.1 Å². The second-order valence-electron chi connectivity index (χ2n) is 11.0. The Bertz CT molecular complexity index is 2190. The molecule has 0 bridgehead atoms. The molecule has 0 radical (unpaired) electrons. The number of hydrogen-bond acceptors (Lipinski definition) is 1. The topological polar surface area (TPSA) is 22.0 Å². The maximum absolute atomic E-state index is 14.3. The highest BCUT2D eigenvalue weighted by Crippen LogP contribution is 2.51. The lowest BCUT2D eigenvalue weighted by molar-refractivity contribution is -0.138. The van der Waals surface area contributed by atoms with E-state index in [1.807, 2.05) is 0 Å². The molecule has 2 heterocycles. The molecule has 0 amide bonds. The molecule has 0 N–H and O–H groups in total. The Morgan fingerprint density at radius 3 is 1.34 bits per heavy atom. The molecule has 1 aromatic heterocycles. The van der Waals surface area contributed by atoms with E-state index < -0.39 is 41.0 Å². The van der Waals surface area contributed by atoms with Gasteiger partial charge in [0.1, 0.15) is 5.69 Å². The van der Waals surface area contributed by atoms with Crippen molar-refractivity contribution in [2.45, 2.75) is 18.5 Å². The summed E-state index contributed by atoms with van der Waals surface area (Å²) in [4.78, 5) is 14.3. The molecule has 0 aliphatic carbocycles. The van der Waals surface area contributed by atoms with Gasteiger partial charge >= 0.3 is 18.5 Å². The fourth-order valence-electron chi connectivity index (χ4n) is 6.12. The van der Waals surface area contributed by atoms with Crippen molar-refractivity contribution in [2.75, 3.05) is 0 Å². The summed E-state index contributed by atoms with van der Waals surface area (Å²) < 4.78 is 123. The predicted molar refractivity (Wildman–Crippen MR) is 158 cm³/mol. The molecule has 11 heteroatoms. The van der Waals surface area contributed by atoms with E-state index in [0.29, 0.717) is 11.1 Å². The van der Waals surface area contributed by atoms with Gasteiger partial charge in [-0.2, -0.15) is 39.5 Å². The largest absolute Gasteiger partial charge is 0.416 e. The van der Waals surface area contributed by atoms with Crippen LogP contribution in [0.4, 0.5) is 39.5 Å². The van der Waals surface area contributed by atoms with Gasteiger partial charge in [0.2, 0.25) is 5.78 Å². The predicted octanol–water partition coefficient (Wildman–Crippen LogP) is 11.2. The fraction of sp³-hybridized carbons (Fsp3) is 0.0833. The summed E-state index contributed by atoms with van der Waals surface area (Å²) in [5.41, 5.74) is -1.23. The standard InChI is InChI=1S/C36H18F9NO/c37-34(38,39)23-12-5-20(6-13-23)28-29(21-7-14-24(15-8-21)35(40,41)42)32-33(47)27-18-11-19-3-1-2-4-26(19)31(27)46(32)30(28)22-9-16-25(17-10-22)36(43,44)45/h1-18H. The number of nitrogens with zero attached hydrogens (tertiary/aromatic N) is 1. The van der Waals surface area contributed by atoms with Crippen molar-refractivity contribution in [1.82, 2.24) is 4.57 Å². The van der Waals surface area contributed by atoms with Gasteiger partial charge in [-0.15, -0.1) is 0 Å². The zero-order valence-electron chi connectivity index (χ0n) is 23.6. The van der Waals surface area contributed by atoms with E-state index in [1.165, 1.54) is 24.3 Å². The summed E-state index contributed by atoms with van der Waals surface area (Å²) in [7, 11) is 0. The number of alkyl halides is 9. The number of halogens is 9. The van der Waals surface area contributed by atoms with Crippen LogP contribution in [0.5, 0.6) is 0 Å². The Balaban J connectivity index is 1.62. The number of carbonyl (C=O) groups excluding carboxylic acids is 1. The summed E-state index contributed by atoms with van der Waals surface area (Å²) in [6.07, 6.45) is -14.0. The number of benzene rings is 5. The van der Waals surface area contributed by atoms with Gasteiger partial charge in [0.25, 0.3) is 0 Å². The lowest BCUT2D eigenvalue weighted by Crippen LogP contribution is -2.05. The van der Waals surface area contributed by atoms with E-state index in [-0.39, 0.29) is 44.8 Å². The van der Waals surface area contributed by atoms with Crippen LogP contribution in [0.25, 0.3) is 50.0 Å². The van der Waals surface area contributed by atoms with E-state index in [0.717, 1.165) is 53.9 Å². The van der Waals surface area contributed by atoms with E-state index in [4.69, 9.17) is 0 Å². The summed E-state index contributed by atoms with van der Waals surface area (Å²) in [5.74, 6) is -0.507. The number of aromatic nitrogens is 1. The van der Waals surface area contributed by atoms with Crippen molar-refractivity contribution >= 4 is 16.6 Å². The molecule has 2 nitrogen and oxygen atoms in total. The van der Waals surface area contributed by atoms with E-state index in [1.54, 1.807) is 41.0 Å². The number of fused-ring (bicyclic) bond motifs is 5. The summed E-state index contributed by atoms with van der Waals surface area (Å²) in [6.45, 7) is 0. The smallest absolute Gasteiger partial charge is 0.304 e. The fourth-order valence-corrected chi connectivity index (χ4v) is 6.12. The Labute approximate surface area is 260 Å². The molecule has 47 heavy (non-hydrogen) atoms. The maximum Gasteiger partial charge on any atom is 0.416 e. The first-order valence-corrected chi connectivity index (χ1v) is 14.0. The molecule has 0 fully saturated rings. The van der Waals surface area contributed by atoms with Gasteiger partial charge < -0.3 is 4.57 Å². The molecule has 0 unspecified atom stereocenters. The molecule has 0 saturated carbocycles. The van der Waals surface area contributed by atoms with Crippen LogP contribution < -0.4 is 0 Å². The maximum atomic E-state index is 14.3. The average Bonchev–Trinajstić information content (AvgIpc) is 3.52. The molecule has 7 rings (SSSR count). The first-order chi connectivity index (χ1) is 22.1. The van der Waals surface area contributed by atoms with Gasteiger partial charge in [-0.25, -0.2) is 0 Å². The van der Waals surface area contributed by atoms with Crippen molar-refractivity contribution in [2.24, 2.45) is 0 Å². The van der Waals surface area contributed by atoms with Gasteiger partial charge in [0, 0.05) is 22.1 Å². The van der Waals surface area contributed by atoms with Crippen molar-refractivity contribution < 1.29 is 44.3 Å². The number of ketones is 1. The summed E-state index contributed by atoms with van der Waals surface area (Å²) in [6, 6.07) is 22.5. The van der Waals surface area contributed by atoms with Crippen LogP contribution in [0.2, 0.25) is 0 Å². The van der Waals surface area contributed by atoms with E-state index >= 15 is 0 Å². The highest BCUT2D eigenvalue weighted by Gasteiger charge is 2.39. The zero-order chi connectivity index (χ0) is 33.5. The molecule has 236 valence electrons. The minimum absolute atomic E-state index is 0.0147. The lowest BCUT2D eigenvalue weighted by atomic mass is 9.90. The molecule has 0 atom stereocenters. The van der Waals surface area contributed by atoms with Crippen molar-refractivity contribution in [1.29, 1.82) is 0 Å². The molecular formula is C36H18F9NO. The minimum atomic E-state index is -4.68. The summed E-state index contributed by atoms with van der Waals surface area (Å²) in [5, 5.41) is 1.34. The van der Waals surface area contributed by atoms with Crippen LogP contribution in [0.1, 0.15) is 32.7 Å². The average molecular weight is 652 g/mol. The molecule has 6 aromatic rings. The number of hydrogen-bond donors (Lipinski definition) is 0.